The van der Waals surface area contributed by atoms with Crippen molar-refractivity contribution in [2.45, 2.75) is 156 Å². The summed E-state index contributed by atoms with van der Waals surface area (Å²) in [5.41, 5.74) is 4.85. The molecule has 2 saturated heterocycles. The number of hydrogen-bond donors (Lipinski definition) is 2. The SMILES string of the molecule is Cc1ncsc1-c1ccc([C@H](C)CC(=O)[C@@H]2C[C@@H](O)CN2C(=O)[C@@H](CC(=O)CN2CCC(OC3CC(Nc4ccc(C(=O)CC5C(C)(C)C(Oc6ccc(C#N)c(Cl)c6)C5(C)C)cn4)C3)CC2)C(C)(C)C)cc1. The van der Waals surface area contributed by atoms with Crippen molar-refractivity contribution in [3.63, 3.8) is 0 Å². The fraction of sp³-hybridized carbons (Fsp3) is 0.569. The highest BCUT2D eigenvalue weighted by atomic mass is 35.5. The second kappa shape index (κ2) is 22.0. The number of likely N-dealkylation sites (tertiary alicyclic amines) is 2. The van der Waals surface area contributed by atoms with E-state index in [0.29, 0.717) is 28.3 Å². The first-order valence-electron chi connectivity index (χ1n) is 26.0. The van der Waals surface area contributed by atoms with Crippen LogP contribution in [0, 0.1) is 46.3 Å². The summed E-state index contributed by atoms with van der Waals surface area (Å²) in [6.07, 6.45) is 5.21. The molecular formula is C58H73ClN6O7S. The molecule has 2 aliphatic heterocycles. The molecule has 4 atom stereocenters. The van der Waals surface area contributed by atoms with Gasteiger partial charge in [0.05, 0.1) is 57.6 Å². The highest BCUT2D eigenvalue weighted by Crippen LogP contribution is 2.62. The summed E-state index contributed by atoms with van der Waals surface area (Å²) >= 11 is 7.87. The molecule has 2 aromatic heterocycles. The summed E-state index contributed by atoms with van der Waals surface area (Å²) in [5.74, 6) is 0.448. The number of carbonyl (C=O) groups excluding carboxylic acids is 4. The Bertz CT molecular complexity index is 2660. The molecule has 4 aliphatic rings. The lowest BCUT2D eigenvalue weighted by molar-refractivity contribution is -0.196. The van der Waals surface area contributed by atoms with Crippen LogP contribution in [0.4, 0.5) is 5.82 Å². The summed E-state index contributed by atoms with van der Waals surface area (Å²) in [6.45, 7) is 20.2. The van der Waals surface area contributed by atoms with Gasteiger partial charge in [0, 0.05) is 85.9 Å². The molecule has 4 aromatic rings. The Labute approximate surface area is 440 Å². The van der Waals surface area contributed by atoms with E-state index in [1.54, 1.807) is 40.6 Å². The van der Waals surface area contributed by atoms with Crippen LogP contribution in [0.1, 0.15) is 140 Å². The normalized spacial score (nSPS) is 24.7. The lowest BCUT2D eigenvalue weighted by Crippen LogP contribution is -2.66. The fourth-order valence-electron chi connectivity index (χ4n) is 12.2. The number of amides is 1. The van der Waals surface area contributed by atoms with Gasteiger partial charge in [-0.25, -0.2) is 9.97 Å². The zero-order valence-corrected chi connectivity index (χ0v) is 45.5. The van der Waals surface area contributed by atoms with Gasteiger partial charge in [0.15, 0.2) is 11.6 Å². The third kappa shape index (κ3) is 12.2. The van der Waals surface area contributed by atoms with E-state index in [-0.39, 0.29) is 103 Å². The number of pyridine rings is 1. The van der Waals surface area contributed by atoms with E-state index in [0.717, 1.165) is 66.3 Å². The molecule has 15 heteroatoms. The average molecular weight is 1030 g/mol. The second-order valence-corrected chi connectivity index (χ2v) is 24.8. The van der Waals surface area contributed by atoms with Gasteiger partial charge in [-0.15, -0.1) is 11.3 Å². The number of β-amino-alcohol motifs (C(OH)–C–C–N with tert-alkyl or cyclic N) is 1. The smallest absolute Gasteiger partial charge is 0.227 e. The van der Waals surface area contributed by atoms with Gasteiger partial charge in [-0.2, -0.15) is 5.26 Å². The van der Waals surface area contributed by atoms with Crippen molar-refractivity contribution in [1.82, 2.24) is 19.8 Å². The van der Waals surface area contributed by atoms with E-state index in [9.17, 15) is 29.5 Å². The maximum Gasteiger partial charge on any atom is 0.227 e. The Morgan fingerprint density at radius 3 is 2.26 bits per heavy atom. The number of Topliss-reactive ketones (excluding diaryl/α,β-unsaturated/α-hetero) is 3. The monoisotopic (exact) mass is 1030 g/mol. The number of ether oxygens (including phenoxy) is 2. The maximum atomic E-state index is 14.3. The first-order valence-corrected chi connectivity index (χ1v) is 27.3. The van der Waals surface area contributed by atoms with E-state index in [4.69, 9.17) is 21.1 Å². The number of nitrogens with one attached hydrogen (secondary N) is 1. The van der Waals surface area contributed by atoms with Gasteiger partial charge in [0.2, 0.25) is 5.91 Å². The Hall–Kier alpha value is -5.04. The standard InChI is InChI=1S/C58H73ClN6O7S/c1-34(36-10-12-37(13-11-36)53-35(2)62-33-73-53)22-50(69)48-26-42(67)32-65(48)54(70)46(56(3,4)5)25-41(66)31-64-20-18-43(19-21-64)71-45-23-40(24-45)63-52-17-15-39(30-61-52)49(68)28-51-57(6,7)55(58(51,8)9)72-44-16-14-38(29-60)47(59)27-44/h10-17,27,30,33-34,40,42-43,45-46,48,51,55,67H,18-26,28,31-32H2,1-9H3,(H,61,63)/t34-,40?,42-,45?,46-,48+,51?,55?/m1/s1. The van der Waals surface area contributed by atoms with Gasteiger partial charge in [0.1, 0.15) is 29.5 Å². The van der Waals surface area contributed by atoms with E-state index in [1.807, 2.05) is 52.3 Å². The number of anilines is 1. The minimum Gasteiger partial charge on any atom is -0.489 e. The molecule has 2 saturated carbocycles. The third-order valence-corrected chi connectivity index (χ3v) is 17.7. The van der Waals surface area contributed by atoms with Crippen molar-refractivity contribution >= 4 is 52.0 Å². The highest BCUT2D eigenvalue weighted by Gasteiger charge is 2.63. The van der Waals surface area contributed by atoms with E-state index in [2.05, 4.69) is 78.2 Å². The summed E-state index contributed by atoms with van der Waals surface area (Å²) in [4.78, 5) is 69.3. The molecule has 2 aliphatic carbocycles. The first kappa shape index (κ1) is 54.2. The Kier molecular flexibility index (Phi) is 16.4. The van der Waals surface area contributed by atoms with Gasteiger partial charge in [-0.05, 0) is 85.3 Å². The Balaban J connectivity index is 0.745. The minimum atomic E-state index is -0.795. The summed E-state index contributed by atoms with van der Waals surface area (Å²) in [6, 6.07) is 18.6. The van der Waals surface area contributed by atoms with E-state index < -0.39 is 23.5 Å². The molecule has 0 radical (unpaired) electrons. The molecule has 4 fully saturated rings. The molecule has 390 valence electrons. The number of nitriles is 1. The molecule has 0 spiro atoms. The van der Waals surface area contributed by atoms with Crippen LogP contribution in [0.15, 0.2) is 66.3 Å². The first-order chi connectivity index (χ1) is 34.5. The summed E-state index contributed by atoms with van der Waals surface area (Å²) < 4.78 is 12.9. The van der Waals surface area contributed by atoms with Gasteiger partial charge in [-0.1, -0.05) is 91.3 Å². The molecule has 0 bridgehead atoms. The molecule has 0 unspecified atom stereocenters. The van der Waals surface area contributed by atoms with Gasteiger partial charge in [-0.3, -0.25) is 24.1 Å². The van der Waals surface area contributed by atoms with Crippen molar-refractivity contribution in [2.24, 2.45) is 28.1 Å². The van der Waals surface area contributed by atoms with Crippen LogP contribution < -0.4 is 10.1 Å². The van der Waals surface area contributed by atoms with Gasteiger partial charge < -0.3 is 24.8 Å². The molecule has 1 amide bonds. The number of ketones is 3. The number of aliphatic hydroxyl groups is 1. The number of rotatable bonds is 19. The predicted molar refractivity (Wildman–Crippen MR) is 285 cm³/mol. The number of thiazole rings is 1. The van der Waals surface area contributed by atoms with Gasteiger partial charge >= 0.3 is 0 Å². The van der Waals surface area contributed by atoms with E-state index >= 15 is 0 Å². The largest absolute Gasteiger partial charge is 0.489 e. The van der Waals surface area contributed by atoms with E-state index in [1.165, 1.54) is 0 Å². The number of aromatic nitrogens is 2. The average Bonchev–Trinajstić information content (AvgIpc) is 3.96. The zero-order valence-electron chi connectivity index (χ0n) is 44.0. The number of aryl methyl sites for hydroxylation is 1. The number of benzene rings is 2. The molecule has 8 rings (SSSR count). The maximum absolute atomic E-state index is 14.3. The second-order valence-electron chi connectivity index (χ2n) is 23.6. The number of aliphatic hydroxyl groups excluding tert-OH is 1. The number of carbonyl (C=O) groups is 4. The van der Waals surface area contributed by atoms with Gasteiger partial charge in [0.25, 0.3) is 0 Å². The summed E-state index contributed by atoms with van der Waals surface area (Å²) in [7, 11) is 0. The number of hydrogen-bond acceptors (Lipinski definition) is 13. The Morgan fingerprint density at radius 1 is 0.959 bits per heavy atom. The lowest BCUT2D eigenvalue weighted by atomic mass is 9.44. The topological polar surface area (TPSA) is 175 Å². The van der Waals surface area contributed by atoms with Crippen LogP contribution in [-0.4, -0.2) is 111 Å². The van der Waals surface area contributed by atoms with Crippen LogP contribution in [0.2, 0.25) is 5.02 Å². The van der Waals surface area contributed by atoms with Crippen molar-refractivity contribution in [1.29, 1.82) is 5.26 Å². The van der Waals surface area contributed by atoms with Crippen molar-refractivity contribution in [3.8, 4) is 22.3 Å². The van der Waals surface area contributed by atoms with Crippen LogP contribution in [0.3, 0.4) is 0 Å². The van der Waals surface area contributed by atoms with Crippen molar-refractivity contribution < 1.29 is 33.8 Å². The van der Waals surface area contributed by atoms with Crippen LogP contribution >= 0.6 is 22.9 Å². The Morgan fingerprint density at radius 2 is 1.66 bits per heavy atom. The summed E-state index contributed by atoms with van der Waals surface area (Å²) in [5, 5.41) is 23.9. The molecule has 2 N–H and O–H groups in total. The molecule has 4 heterocycles. The molecular weight excluding hydrogens is 960 g/mol. The number of piperidine rings is 1. The third-order valence-electron chi connectivity index (χ3n) is 16.4. The zero-order chi connectivity index (χ0) is 52.6. The fourth-order valence-corrected chi connectivity index (χ4v) is 13.2. The quantitative estimate of drug-likeness (QED) is 0.0852. The van der Waals surface area contributed by atoms with Crippen molar-refractivity contribution in [2.75, 3.05) is 31.5 Å². The number of nitrogens with zero attached hydrogens (tertiary/aromatic N) is 5. The van der Waals surface area contributed by atoms with Crippen molar-refractivity contribution in [3.05, 3.63) is 93.7 Å². The lowest BCUT2D eigenvalue weighted by Gasteiger charge is -2.63. The van der Waals surface area contributed by atoms with Crippen LogP contribution in [0.5, 0.6) is 5.75 Å². The van der Waals surface area contributed by atoms with Crippen LogP contribution in [0.25, 0.3) is 10.4 Å². The highest BCUT2D eigenvalue weighted by molar-refractivity contribution is 7.13. The molecule has 73 heavy (non-hydrogen) atoms. The minimum absolute atomic E-state index is 0.00182. The van der Waals surface area contributed by atoms with Crippen LogP contribution in [-0.2, 0) is 19.1 Å². The number of halogens is 1. The molecule has 13 nitrogen and oxygen atoms in total. The predicted octanol–water partition coefficient (Wildman–Crippen LogP) is 10.5. The molecule has 2 aromatic carbocycles.